The van der Waals surface area contributed by atoms with Crippen LogP contribution >= 0.6 is 0 Å². The fraction of sp³-hybridized carbons (Fsp3) is 0.533. The normalized spacial score (nSPS) is 24.6. The molecule has 2 heteroatoms. The van der Waals surface area contributed by atoms with Crippen molar-refractivity contribution in [1.29, 1.82) is 0 Å². The maximum absolute atomic E-state index is 12.3. The first kappa shape index (κ1) is 11.0. The molecule has 17 heavy (non-hydrogen) atoms. The molecule has 1 heterocycles. The van der Waals surface area contributed by atoms with E-state index in [1.54, 1.807) is 0 Å². The predicted molar refractivity (Wildman–Crippen MR) is 67.7 cm³/mol. The zero-order chi connectivity index (χ0) is 11.7. The number of carbonyl (C=O) groups excluding carboxylic acids is 1. The van der Waals surface area contributed by atoms with Gasteiger partial charge >= 0.3 is 0 Å². The van der Waals surface area contributed by atoms with Gasteiger partial charge in [-0.15, -0.1) is 0 Å². The molecule has 1 saturated carbocycles. The lowest BCUT2D eigenvalue weighted by atomic mass is 9.88. The van der Waals surface area contributed by atoms with Crippen molar-refractivity contribution in [2.45, 2.75) is 44.7 Å². The zero-order valence-corrected chi connectivity index (χ0v) is 10.1. The van der Waals surface area contributed by atoms with E-state index in [4.69, 9.17) is 0 Å². The minimum absolute atomic E-state index is 0.0630. The van der Waals surface area contributed by atoms with Crippen molar-refractivity contribution in [3.8, 4) is 0 Å². The molecule has 1 unspecified atom stereocenters. The van der Waals surface area contributed by atoms with Crippen molar-refractivity contribution in [3.05, 3.63) is 35.4 Å². The van der Waals surface area contributed by atoms with Crippen LogP contribution in [0.1, 0.15) is 36.8 Å². The van der Waals surface area contributed by atoms with Gasteiger partial charge in [0.1, 0.15) is 0 Å². The highest BCUT2D eigenvalue weighted by Crippen LogP contribution is 2.28. The summed E-state index contributed by atoms with van der Waals surface area (Å²) in [5.74, 6) is 0.787. The fourth-order valence-electron chi connectivity index (χ4n) is 3.15. The van der Waals surface area contributed by atoms with Crippen molar-refractivity contribution in [2.24, 2.45) is 5.92 Å². The molecule has 1 N–H and O–H groups in total. The second kappa shape index (κ2) is 4.61. The minimum Gasteiger partial charge on any atom is -0.303 e. The molecular weight excluding hydrogens is 210 g/mol. The Balaban J connectivity index is 1.73. The number of ketones is 1. The summed E-state index contributed by atoms with van der Waals surface area (Å²) in [6.07, 6.45) is 5.57. The summed E-state index contributed by atoms with van der Waals surface area (Å²) in [6.45, 7) is 0.847. The first-order valence-electron chi connectivity index (χ1n) is 6.68. The first-order valence-corrected chi connectivity index (χ1v) is 6.68. The van der Waals surface area contributed by atoms with Crippen LogP contribution in [0.5, 0.6) is 0 Å². The average molecular weight is 229 g/mol. The van der Waals surface area contributed by atoms with Crippen LogP contribution in [0.2, 0.25) is 0 Å². The first-order chi connectivity index (χ1) is 8.34. The number of fused-ring (bicyclic) bond motifs is 1. The maximum Gasteiger partial charge on any atom is 0.153 e. The molecule has 0 radical (unpaired) electrons. The van der Waals surface area contributed by atoms with Crippen LogP contribution in [0.25, 0.3) is 0 Å². The molecule has 0 bridgehead atoms. The number of rotatable bonds is 2. The minimum atomic E-state index is 0.0630. The van der Waals surface area contributed by atoms with Crippen LogP contribution in [-0.2, 0) is 17.8 Å². The van der Waals surface area contributed by atoms with E-state index in [0.717, 1.165) is 25.8 Å². The Kier molecular flexibility index (Phi) is 2.98. The largest absolute Gasteiger partial charge is 0.303 e. The van der Waals surface area contributed by atoms with Gasteiger partial charge in [0.15, 0.2) is 5.78 Å². The van der Waals surface area contributed by atoms with Gasteiger partial charge in [-0.3, -0.25) is 4.79 Å². The topological polar surface area (TPSA) is 29.1 Å². The Labute approximate surface area is 102 Å². The van der Waals surface area contributed by atoms with E-state index in [1.165, 1.54) is 24.0 Å². The standard InChI is InChI=1S/C15H19NO/c17-15(11-5-1-2-6-11)14-9-12-7-3-4-8-13(12)10-16-14/h3-4,7-8,11,14,16H,1-2,5-6,9-10H2. The smallest absolute Gasteiger partial charge is 0.153 e. The van der Waals surface area contributed by atoms with E-state index in [0.29, 0.717) is 11.7 Å². The Morgan fingerprint density at radius 3 is 2.59 bits per heavy atom. The highest BCUT2D eigenvalue weighted by atomic mass is 16.1. The number of benzene rings is 1. The van der Waals surface area contributed by atoms with Gasteiger partial charge in [-0.1, -0.05) is 37.1 Å². The summed E-state index contributed by atoms with van der Waals surface area (Å²) in [5, 5.41) is 3.40. The van der Waals surface area contributed by atoms with Gasteiger partial charge < -0.3 is 5.32 Å². The molecule has 0 spiro atoms. The van der Waals surface area contributed by atoms with Gasteiger partial charge in [0.05, 0.1) is 6.04 Å². The van der Waals surface area contributed by atoms with Crippen molar-refractivity contribution in [2.75, 3.05) is 0 Å². The van der Waals surface area contributed by atoms with Gasteiger partial charge in [-0.25, -0.2) is 0 Å². The highest BCUT2D eigenvalue weighted by Gasteiger charge is 2.31. The molecule has 0 saturated heterocycles. The van der Waals surface area contributed by atoms with Crippen LogP contribution in [0.15, 0.2) is 24.3 Å². The number of hydrogen-bond acceptors (Lipinski definition) is 2. The van der Waals surface area contributed by atoms with Crippen molar-refractivity contribution < 1.29 is 4.79 Å². The summed E-state index contributed by atoms with van der Waals surface area (Å²) >= 11 is 0. The Hall–Kier alpha value is -1.15. The summed E-state index contributed by atoms with van der Waals surface area (Å²) in [6, 6.07) is 8.51. The van der Waals surface area contributed by atoms with Crippen molar-refractivity contribution in [3.63, 3.8) is 0 Å². The second-order valence-electron chi connectivity index (χ2n) is 5.29. The molecule has 3 rings (SSSR count). The number of Topliss-reactive ketones (excluding diaryl/α,β-unsaturated/α-hetero) is 1. The Bertz CT molecular complexity index is 421. The molecule has 90 valence electrons. The Morgan fingerprint density at radius 1 is 1.12 bits per heavy atom. The van der Waals surface area contributed by atoms with E-state index in [2.05, 4.69) is 29.6 Å². The highest BCUT2D eigenvalue weighted by molar-refractivity contribution is 5.87. The van der Waals surface area contributed by atoms with E-state index in [9.17, 15) is 4.79 Å². The van der Waals surface area contributed by atoms with Crippen molar-refractivity contribution in [1.82, 2.24) is 5.32 Å². The molecule has 1 atom stereocenters. The van der Waals surface area contributed by atoms with Gasteiger partial charge in [0, 0.05) is 12.5 Å². The summed E-state index contributed by atoms with van der Waals surface area (Å²) in [5.41, 5.74) is 2.70. The van der Waals surface area contributed by atoms with E-state index >= 15 is 0 Å². The van der Waals surface area contributed by atoms with Crippen molar-refractivity contribution >= 4 is 5.78 Å². The monoisotopic (exact) mass is 229 g/mol. The third kappa shape index (κ3) is 2.14. The number of nitrogens with one attached hydrogen (secondary N) is 1. The molecule has 2 aliphatic rings. The van der Waals surface area contributed by atoms with Gasteiger partial charge in [-0.2, -0.15) is 0 Å². The van der Waals surface area contributed by atoms with E-state index in [-0.39, 0.29) is 6.04 Å². The van der Waals surface area contributed by atoms with Crippen LogP contribution in [0.3, 0.4) is 0 Å². The quantitative estimate of drug-likeness (QED) is 0.844. The lowest BCUT2D eigenvalue weighted by Crippen LogP contribution is -2.44. The molecule has 1 aromatic carbocycles. The number of hydrogen-bond donors (Lipinski definition) is 1. The van der Waals surface area contributed by atoms with Gasteiger partial charge in [0.2, 0.25) is 0 Å². The van der Waals surface area contributed by atoms with Crippen LogP contribution in [-0.4, -0.2) is 11.8 Å². The molecule has 0 amide bonds. The lowest BCUT2D eigenvalue weighted by molar-refractivity contribution is -0.124. The lowest BCUT2D eigenvalue weighted by Gasteiger charge is -2.27. The summed E-state index contributed by atoms with van der Waals surface area (Å²) < 4.78 is 0. The molecule has 0 aromatic heterocycles. The zero-order valence-electron chi connectivity index (χ0n) is 10.1. The van der Waals surface area contributed by atoms with Gasteiger partial charge in [-0.05, 0) is 30.4 Å². The van der Waals surface area contributed by atoms with Crippen LogP contribution in [0, 0.1) is 5.92 Å². The second-order valence-corrected chi connectivity index (χ2v) is 5.29. The van der Waals surface area contributed by atoms with E-state index in [1.807, 2.05) is 0 Å². The third-order valence-corrected chi connectivity index (χ3v) is 4.18. The SMILES string of the molecule is O=C(C1CCCC1)C1Cc2ccccc2CN1. The van der Waals surface area contributed by atoms with Crippen LogP contribution in [0.4, 0.5) is 0 Å². The molecule has 1 aliphatic heterocycles. The number of carbonyl (C=O) groups is 1. The molecule has 2 nitrogen and oxygen atoms in total. The molecule has 1 fully saturated rings. The maximum atomic E-state index is 12.3. The summed E-state index contributed by atoms with van der Waals surface area (Å²) in [7, 11) is 0. The molecular formula is C15H19NO. The molecule has 1 aliphatic carbocycles. The fourth-order valence-corrected chi connectivity index (χ4v) is 3.15. The average Bonchev–Trinajstić information content (AvgIpc) is 2.91. The van der Waals surface area contributed by atoms with Gasteiger partial charge in [0.25, 0.3) is 0 Å². The van der Waals surface area contributed by atoms with E-state index < -0.39 is 0 Å². The van der Waals surface area contributed by atoms with Crippen LogP contribution < -0.4 is 5.32 Å². The molecule has 1 aromatic rings. The predicted octanol–water partition coefficient (Wildman–Crippen LogP) is 2.46. The third-order valence-electron chi connectivity index (χ3n) is 4.18. The Morgan fingerprint density at radius 2 is 1.82 bits per heavy atom. The summed E-state index contributed by atoms with van der Waals surface area (Å²) in [4.78, 5) is 12.3.